The van der Waals surface area contributed by atoms with Gasteiger partial charge >= 0.3 is 0 Å². The molecule has 0 fully saturated rings. The van der Waals surface area contributed by atoms with Gasteiger partial charge in [0.2, 0.25) is 0 Å². The molecule has 1 N–H and O–H groups in total. The lowest BCUT2D eigenvalue weighted by atomic mass is 10.1. The zero-order valence-electron chi connectivity index (χ0n) is 15.8. The number of anilines is 1. The van der Waals surface area contributed by atoms with E-state index >= 15 is 0 Å². The third-order valence-electron chi connectivity index (χ3n) is 4.16. The second-order valence-corrected chi connectivity index (χ2v) is 6.30. The van der Waals surface area contributed by atoms with Crippen molar-refractivity contribution in [3.05, 3.63) is 59.9 Å². The molecule has 0 aliphatic carbocycles. The van der Waals surface area contributed by atoms with Crippen LogP contribution in [0.5, 0.6) is 11.5 Å². The number of benzene rings is 2. The standard InChI is InChI=1S/C20H22N4O3/c1-13(2)17-12-21-23-24(17)16-7-5-6-15(11-16)22-20(25)14-8-9-18(26-3)19(10-14)27-4/h5-13H,1-4H3,(H,22,25). The highest BCUT2D eigenvalue weighted by molar-refractivity contribution is 6.04. The van der Waals surface area contributed by atoms with Crippen LogP contribution in [0.4, 0.5) is 5.69 Å². The Bertz CT molecular complexity index is 950. The number of aromatic nitrogens is 3. The van der Waals surface area contributed by atoms with E-state index in [4.69, 9.17) is 9.47 Å². The summed E-state index contributed by atoms with van der Waals surface area (Å²) >= 11 is 0. The van der Waals surface area contributed by atoms with Gasteiger partial charge in [-0.2, -0.15) is 0 Å². The topological polar surface area (TPSA) is 78.3 Å². The van der Waals surface area contributed by atoms with Crippen LogP contribution >= 0.6 is 0 Å². The van der Waals surface area contributed by atoms with Gasteiger partial charge in [-0.3, -0.25) is 4.79 Å². The van der Waals surface area contributed by atoms with Crippen LogP contribution in [0, 0.1) is 0 Å². The van der Waals surface area contributed by atoms with Gasteiger partial charge < -0.3 is 14.8 Å². The quantitative estimate of drug-likeness (QED) is 0.720. The fraction of sp³-hybridized carbons (Fsp3) is 0.250. The maximum Gasteiger partial charge on any atom is 0.255 e. The van der Waals surface area contributed by atoms with E-state index in [-0.39, 0.29) is 11.8 Å². The second kappa shape index (κ2) is 7.90. The summed E-state index contributed by atoms with van der Waals surface area (Å²) in [6.45, 7) is 4.16. The van der Waals surface area contributed by atoms with Gasteiger partial charge in [0.15, 0.2) is 11.5 Å². The fourth-order valence-electron chi connectivity index (χ4n) is 2.73. The molecular formula is C20H22N4O3. The number of ether oxygens (including phenoxy) is 2. The lowest BCUT2D eigenvalue weighted by molar-refractivity contribution is 0.102. The van der Waals surface area contributed by atoms with E-state index in [0.29, 0.717) is 22.7 Å². The summed E-state index contributed by atoms with van der Waals surface area (Å²) in [7, 11) is 3.09. The molecule has 1 amide bonds. The smallest absolute Gasteiger partial charge is 0.255 e. The Hall–Kier alpha value is -3.35. The molecular weight excluding hydrogens is 344 g/mol. The molecule has 0 spiro atoms. The molecule has 1 aromatic heterocycles. The molecule has 0 radical (unpaired) electrons. The Morgan fingerprint density at radius 2 is 1.85 bits per heavy atom. The average molecular weight is 366 g/mol. The molecule has 0 atom stereocenters. The van der Waals surface area contributed by atoms with E-state index in [1.54, 1.807) is 36.2 Å². The molecule has 0 aliphatic rings. The summed E-state index contributed by atoms with van der Waals surface area (Å²) in [6.07, 6.45) is 1.75. The van der Waals surface area contributed by atoms with Gasteiger partial charge in [0.05, 0.1) is 31.8 Å². The highest BCUT2D eigenvalue weighted by Gasteiger charge is 2.13. The average Bonchev–Trinajstić information content (AvgIpc) is 3.18. The van der Waals surface area contributed by atoms with E-state index in [1.165, 1.54) is 7.11 Å². The Labute approximate surface area is 157 Å². The van der Waals surface area contributed by atoms with Gasteiger partial charge in [0.25, 0.3) is 5.91 Å². The van der Waals surface area contributed by atoms with Crippen LogP contribution in [0.2, 0.25) is 0 Å². The minimum Gasteiger partial charge on any atom is -0.493 e. The molecule has 3 aromatic rings. The molecule has 140 valence electrons. The number of carbonyl (C=O) groups is 1. The number of rotatable bonds is 6. The number of nitrogens with zero attached hydrogens (tertiary/aromatic N) is 3. The van der Waals surface area contributed by atoms with Crippen molar-refractivity contribution in [3.8, 4) is 17.2 Å². The van der Waals surface area contributed by atoms with Crippen LogP contribution in [0.1, 0.15) is 35.8 Å². The zero-order valence-corrected chi connectivity index (χ0v) is 15.8. The van der Waals surface area contributed by atoms with Crippen LogP contribution < -0.4 is 14.8 Å². The van der Waals surface area contributed by atoms with Crippen molar-refractivity contribution in [2.24, 2.45) is 0 Å². The molecule has 7 nitrogen and oxygen atoms in total. The van der Waals surface area contributed by atoms with Crippen molar-refractivity contribution in [1.82, 2.24) is 15.0 Å². The molecule has 2 aromatic carbocycles. The third-order valence-corrected chi connectivity index (χ3v) is 4.16. The molecule has 3 rings (SSSR count). The van der Waals surface area contributed by atoms with Crippen molar-refractivity contribution in [1.29, 1.82) is 0 Å². The molecule has 0 saturated carbocycles. The van der Waals surface area contributed by atoms with Crippen molar-refractivity contribution in [2.75, 3.05) is 19.5 Å². The number of hydrogen-bond acceptors (Lipinski definition) is 5. The number of hydrogen-bond donors (Lipinski definition) is 1. The molecule has 7 heteroatoms. The number of amides is 1. The van der Waals surface area contributed by atoms with E-state index in [2.05, 4.69) is 29.5 Å². The van der Waals surface area contributed by atoms with Gasteiger partial charge in [-0.05, 0) is 42.3 Å². The molecule has 27 heavy (non-hydrogen) atoms. The van der Waals surface area contributed by atoms with Gasteiger partial charge in [-0.1, -0.05) is 25.1 Å². The maximum absolute atomic E-state index is 12.6. The third kappa shape index (κ3) is 3.92. The zero-order chi connectivity index (χ0) is 19.4. The number of methoxy groups -OCH3 is 2. The van der Waals surface area contributed by atoms with Crippen molar-refractivity contribution in [2.45, 2.75) is 19.8 Å². The minimum atomic E-state index is -0.240. The van der Waals surface area contributed by atoms with Gasteiger partial charge in [-0.15, -0.1) is 5.10 Å². The van der Waals surface area contributed by atoms with Crippen molar-refractivity contribution in [3.63, 3.8) is 0 Å². The normalized spacial score (nSPS) is 10.7. The first-order valence-corrected chi connectivity index (χ1v) is 8.58. The highest BCUT2D eigenvalue weighted by Crippen LogP contribution is 2.28. The summed E-state index contributed by atoms with van der Waals surface area (Å²) in [5, 5.41) is 11.0. The lowest BCUT2D eigenvalue weighted by Gasteiger charge is -2.12. The first-order chi connectivity index (χ1) is 13.0. The summed E-state index contributed by atoms with van der Waals surface area (Å²) in [4.78, 5) is 12.6. The molecule has 1 heterocycles. The first kappa shape index (κ1) is 18.4. The summed E-state index contributed by atoms with van der Waals surface area (Å²) in [5.74, 6) is 1.12. The largest absolute Gasteiger partial charge is 0.493 e. The van der Waals surface area contributed by atoms with Gasteiger partial charge in [0.1, 0.15) is 0 Å². The van der Waals surface area contributed by atoms with E-state index in [1.807, 2.05) is 24.3 Å². The highest BCUT2D eigenvalue weighted by atomic mass is 16.5. The maximum atomic E-state index is 12.6. The second-order valence-electron chi connectivity index (χ2n) is 6.30. The molecule has 0 saturated heterocycles. The Morgan fingerprint density at radius 3 is 2.56 bits per heavy atom. The van der Waals surface area contributed by atoms with E-state index < -0.39 is 0 Å². The van der Waals surface area contributed by atoms with Gasteiger partial charge in [0, 0.05) is 11.3 Å². The number of carbonyl (C=O) groups excluding carboxylic acids is 1. The van der Waals surface area contributed by atoms with Crippen molar-refractivity contribution >= 4 is 11.6 Å². The van der Waals surface area contributed by atoms with Crippen LogP contribution in [0.25, 0.3) is 5.69 Å². The van der Waals surface area contributed by atoms with Gasteiger partial charge in [-0.25, -0.2) is 4.68 Å². The SMILES string of the molecule is COc1ccc(C(=O)Nc2cccc(-n3nncc3C(C)C)c2)cc1OC. The molecule has 0 aliphatic heterocycles. The molecule has 0 bridgehead atoms. The fourth-order valence-corrected chi connectivity index (χ4v) is 2.73. The minimum absolute atomic E-state index is 0.240. The van der Waals surface area contributed by atoms with Crippen LogP contribution in [0.15, 0.2) is 48.7 Å². The predicted octanol–water partition coefficient (Wildman–Crippen LogP) is 3.66. The Kier molecular flexibility index (Phi) is 5.40. The lowest BCUT2D eigenvalue weighted by Crippen LogP contribution is -2.12. The Balaban J connectivity index is 1.84. The van der Waals surface area contributed by atoms with E-state index in [9.17, 15) is 4.79 Å². The van der Waals surface area contributed by atoms with Crippen LogP contribution in [0.3, 0.4) is 0 Å². The predicted molar refractivity (Wildman–Crippen MR) is 103 cm³/mol. The molecule has 0 unspecified atom stereocenters. The summed E-state index contributed by atoms with van der Waals surface area (Å²) in [5.41, 5.74) is 2.97. The first-order valence-electron chi connectivity index (χ1n) is 8.58. The van der Waals surface area contributed by atoms with E-state index in [0.717, 1.165) is 11.4 Å². The van der Waals surface area contributed by atoms with Crippen molar-refractivity contribution < 1.29 is 14.3 Å². The monoisotopic (exact) mass is 366 g/mol. The van der Waals surface area contributed by atoms with Crippen LogP contribution in [-0.4, -0.2) is 35.1 Å². The number of nitrogens with one attached hydrogen (secondary N) is 1. The summed E-state index contributed by atoms with van der Waals surface area (Å²) < 4.78 is 12.2. The van der Waals surface area contributed by atoms with Crippen LogP contribution in [-0.2, 0) is 0 Å². The Morgan fingerprint density at radius 1 is 1.07 bits per heavy atom. The summed E-state index contributed by atoms with van der Waals surface area (Å²) in [6, 6.07) is 12.5.